The topological polar surface area (TPSA) is 91.6 Å². The zero-order valence-electron chi connectivity index (χ0n) is 17.1. The van der Waals surface area contributed by atoms with Gasteiger partial charge in [-0.3, -0.25) is 19.3 Å². The van der Waals surface area contributed by atoms with Crippen LogP contribution in [0, 0.1) is 5.82 Å². The molecule has 8 nitrogen and oxygen atoms in total. The lowest BCUT2D eigenvalue weighted by atomic mass is 10.1. The highest BCUT2D eigenvalue weighted by Gasteiger charge is 2.39. The summed E-state index contributed by atoms with van der Waals surface area (Å²) in [5.41, 5.74) is -0.228. The molecule has 11 heteroatoms. The first-order chi connectivity index (χ1) is 15.4. The van der Waals surface area contributed by atoms with Crippen molar-refractivity contribution in [1.29, 1.82) is 0 Å². The largest absolute Gasteiger partial charge is 0.502 e. The van der Waals surface area contributed by atoms with Crippen LogP contribution in [0.3, 0.4) is 0 Å². The lowest BCUT2D eigenvalue weighted by molar-refractivity contribution is 0.0593. The summed E-state index contributed by atoms with van der Waals surface area (Å²) >= 11 is 6.98. The van der Waals surface area contributed by atoms with Crippen LogP contribution in [0.15, 0.2) is 29.2 Å². The minimum absolute atomic E-state index is 0.0239. The van der Waals surface area contributed by atoms with Crippen molar-refractivity contribution in [2.45, 2.75) is 31.8 Å². The van der Waals surface area contributed by atoms with Crippen molar-refractivity contribution < 1.29 is 14.3 Å². The Morgan fingerprint density at radius 1 is 1.28 bits per heavy atom. The van der Waals surface area contributed by atoms with E-state index in [1.807, 2.05) is 5.01 Å². The van der Waals surface area contributed by atoms with Gasteiger partial charge in [-0.15, -0.1) is 10.2 Å². The summed E-state index contributed by atoms with van der Waals surface area (Å²) in [5.74, 6) is -1.53. The second-order valence-electron chi connectivity index (χ2n) is 7.86. The van der Waals surface area contributed by atoms with Crippen molar-refractivity contribution in [3.63, 3.8) is 0 Å². The monoisotopic (exact) mass is 475 g/mol. The van der Waals surface area contributed by atoms with Gasteiger partial charge in [0.25, 0.3) is 5.91 Å². The Morgan fingerprint density at radius 3 is 2.91 bits per heavy atom. The maximum Gasteiger partial charge on any atom is 0.277 e. The van der Waals surface area contributed by atoms with E-state index in [1.165, 1.54) is 6.07 Å². The number of halogens is 2. The van der Waals surface area contributed by atoms with Gasteiger partial charge in [0, 0.05) is 26.2 Å². The van der Waals surface area contributed by atoms with Crippen molar-refractivity contribution in [3.8, 4) is 16.3 Å². The number of carbonyl (C=O) groups is 1. The fourth-order valence-corrected chi connectivity index (χ4v) is 5.33. The summed E-state index contributed by atoms with van der Waals surface area (Å²) in [6.45, 7) is 0.687. The van der Waals surface area contributed by atoms with Gasteiger partial charge in [0.1, 0.15) is 17.0 Å². The Morgan fingerprint density at radius 2 is 2.09 bits per heavy atom. The number of hydrogen-bond acceptors (Lipinski definition) is 7. The number of pyridine rings is 1. The molecule has 1 amide bonds. The van der Waals surface area contributed by atoms with E-state index in [9.17, 15) is 19.1 Å². The van der Waals surface area contributed by atoms with Crippen molar-refractivity contribution in [2.24, 2.45) is 0 Å². The summed E-state index contributed by atoms with van der Waals surface area (Å²) in [7, 11) is 1.68. The molecule has 1 saturated heterocycles. The van der Waals surface area contributed by atoms with Crippen LogP contribution in [0.4, 0.5) is 4.39 Å². The molecule has 2 aliphatic heterocycles. The third-order valence-electron chi connectivity index (χ3n) is 5.93. The van der Waals surface area contributed by atoms with Crippen LogP contribution in [0.5, 0.6) is 5.75 Å². The first-order valence-corrected chi connectivity index (χ1v) is 11.3. The number of piperidine rings is 1. The molecule has 5 rings (SSSR count). The van der Waals surface area contributed by atoms with E-state index in [1.54, 1.807) is 35.0 Å². The van der Waals surface area contributed by atoms with Crippen molar-refractivity contribution in [1.82, 2.24) is 19.8 Å². The first kappa shape index (κ1) is 20.9. The maximum absolute atomic E-state index is 14.2. The molecule has 1 fully saturated rings. The Bertz CT molecular complexity index is 1290. The molecule has 2 aromatic heterocycles. The molecule has 1 atom stereocenters. The number of aromatic hydroxyl groups is 1. The second kappa shape index (κ2) is 7.86. The third-order valence-corrected chi connectivity index (χ3v) is 7.17. The number of carbonyl (C=O) groups excluding carboxylic acids is 1. The molecule has 4 heterocycles. The molecule has 166 valence electrons. The minimum Gasteiger partial charge on any atom is -0.502 e. The standard InChI is InChI=1S/C21H19ClFN5O3S/c1-26-15-7-2-3-8-27(15)28-10-12(18(29)19(30)17(28)21(26)31)20-25-24-14(32-20)9-11-5-4-6-13(22)16(11)23/h4-6,10,15,30H,2-3,7-9H2,1H3/t15-/m1/s1. The van der Waals surface area contributed by atoms with E-state index in [-0.39, 0.29) is 33.9 Å². The highest BCUT2D eigenvalue weighted by atomic mass is 35.5. The number of aromatic nitrogens is 3. The summed E-state index contributed by atoms with van der Waals surface area (Å²) in [6, 6.07) is 4.73. The number of benzene rings is 1. The average Bonchev–Trinajstić information content (AvgIpc) is 3.25. The summed E-state index contributed by atoms with van der Waals surface area (Å²) in [4.78, 5) is 27.4. The van der Waals surface area contributed by atoms with Gasteiger partial charge in [0.05, 0.1) is 10.6 Å². The fourth-order valence-electron chi connectivity index (χ4n) is 4.27. The molecule has 3 aromatic rings. The average molecular weight is 476 g/mol. The Balaban J connectivity index is 1.56. The summed E-state index contributed by atoms with van der Waals surface area (Å²) < 4.78 is 15.8. The van der Waals surface area contributed by atoms with Gasteiger partial charge < -0.3 is 10.0 Å². The molecule has 0 radical (unpaired) electrons. The van der Waals surface area contributed by atoms with Gasteiger partial charge in [-0.25, -0.2) is 4.39 Å². The molecule has 2 aliphatic rings. The van der Waals surface area contributed by atoms with E-state index in [0.717, 1.165) is 30.6 Å². The molecule has 32 heavy (non-hydrogen) atoms. The van der Waals surface area contributed by atoms with Gasteiger partial charge in [-0.05, 0) is 30.9 Å². The highest BCUT2D eigenvalue weighted by Crippen LogP contribution is 2.32. The summed E-state index contributed by atoms with van der Waals surface area (Å²) in [5, 5.41) is 21.6. The molecule has 0 spiro atoms. The molecule has 1 aromatic carbocycles. The zero-order valence-corrected chi connectivity index (χ0v) is 18.7. The zero-order chi connectivity index (χ0) is 22.6. The van der Waals surface area contributed by atoms with Gasteiger partial charge in [-0.1, -0.05) is 35.1 Å². The van der Waals surface area contributed by atoms with Crippen molar-refractivity contribution in [3.05, 3.63) is 61.7 Å². The third kappa shape index (κ3) is 3.25. The van der Waals surface area contributed by atoms with Gasteiger partial charge in [0.15, 0.2) is 16.5 Å². The van der Waals surface area contributed by atoms with E-state index in [2.05, 4.69) is 10.2 Å². The first-order valence-electron chi connectivity index (χ1n) is 10.1. The van der Waals surface area contributed by atoms with Crippen LogP contribution in [0.1, 0.15) is 40.3 Å². The molecule has 1 N–H and O–H groups in total. The predicted octanol–water partition coefficient (Wildman–Crippen LogP) is 2.99. The van der Waals surface area contributed by atoms with E-state index in [4.69, 9.17) is 11.6 Å². The number of fused-ring (bicyclic) bond motifs is 3. The van der Waals surface area contributed by atoms with E-state index in [0.29, 0.717) is 17.1 Å². The smallest absolute Gasteiger partial charge is 0.277 e. The predicted molar refractivity (Wildman–Crippen MR) is 118 cm³/mol. The quantitative estimate of drug-likeness (QED) is 0.626. The van der Waals surface area contributed by atoms with E-state index < -0.39 is 22.9 Å². The molecule has 0 bridgehead atoms. The van der Waals surface area contributed by atoms with Crippen LogP contribution in [0.2, 0.25) is 5.02 Å². The van der Waals surface area contributed by atoms with Gasteiger partial charge >= 0.3 is 0 Å². The number of hydrogen-bond donors (Lipinski definition) is 1. The Hall–Kier alpha value is -2.98. The van der Waals surface area contributed by atoms with Crippen LogP contribution in [-0.2, 0) is 6.42 Å². The SMILES string of the molecule is CN1C(=O)c2c(O)c(=O)c(-c3nnc(Cc4cccc(Cl)c4F)s3)cn2N2CCCC[C@H]12. The Kier molecular flexibility index (Phi) is 5.13. The lowest BCUT2D eigenvalue weighted by Crippen LogP contribution is -2.61. The van der Waals surface area contributed by atoms with Crippen molar-refractivity contribution >= 4 is 28.8 Å². The van der Waals surface area contributed by atoms with E-state index >= 15 is 0 Å². The number of nitrogens with zero attached hydrogens (tertiary/aromatic N) is 5. The normalized spacial score (nSPS) is 18.0. The maximum atomic E-state index is 14.2. The highest BCUT2D eigenvalue weighted by molar-refractivity contribution is 7.14. The minimum atomic E-state index is -0.690. The molecular weight excluding hydrogens is 457 g/mol. The van der Waals surface area contributed by atoms with Crippen LogP contribution in [-0.4, -0.2) is 50.5 Å². The number of amides is 1. The van der Waals surface area contributed by atoms with Gasteiger partial charge in [-0.2, -0.15) is 0 Å². The number of rotatable bonds is 3. The molecule has 0 aliphatic carbocycles. The fraction of sp³-hybridized carbons (Fsp3) is 0.333. The van der Waals surface area contributed by atoms with Crippen LogP contribution in [0.25, 0.3) is 10.6 Å². The second-order valence-corrected chi connectivity index (χ2v) is 9.33. The van der Waals surface area contributed by atoms with Crippen LogP contribution >= 0.6 is 22.9 Å². The summed E-state index contributed by atoms with van der Waals surface area (Å²) in [6.07, 6.45) is 4.30. The van der Waals surface area contributed by atoms with Gasteiger partial charge in [0.2, 0.25) is 5.43 Å². The Labute approximate surface area is 191 Å². The molecule has 0 saturated carbocycles. The van der Waals surface area contributed by atoms with Crippen LogP contribution < -0.4 is 10.4 Å². The molecular formula is C21H19ClFN5O3S. The lowest BCUT2D eigenvalue weighted by Gasteiger charge is -2.47. The molecule has 0 unspecified atom stereocenters. The van der Waals surface area contributed by atoms with Crippen molar-refractivity contribution in [2.75, 3.05) is 18.6 Å².